The predicted octanol–water partition coefficient (Wildman–Crippen LogP) is 2.18. The Morgan fingerprint density at radius 1 is 1.17 bits per heavy atom. The van der Waals surface area contributed by atoms with Crippen LogP contribution in [0.25, 0.3) is 0 Å². The zero-order valence-corrected chi connectivity index (χ0v) is 13.8. The summed E-state index contributed by atoms with van der Waals surface area (Å²) in [4.78, 5) is 26.9. The van der Waals surface area contributed by atoms with Crippen molar-refractivity contribution in [3.63, 3.8) is 0 Å². The van der Waals surface area contributed by atoms with Crippen molar-refractivity contribution < 1.29 is 19.1 Å². The van der Waals surface area contributed by atoms with E-state index in [9.17, 15) is 9.59 Å². The molecular formula is C18H23NO4. The second kappa shape index (κ2) is 6.32. The molecule has 2 fully saturated rings. The van der Waals surface area contributed by atoms with Crippen LogP contribution in [-0.4, -0.2) is 49.2 Å². The lowest BCUT2D eigenvalue weighted by molar-refractivity contribution is -0.156. The van der Waals surface area contributed by atoms with E-state index in [2.05, 4.69) is 4.90 Å². The van der Waals surface area contributed by atoms with E-state index in [1.54, 1.807) is 12.1 Å². The molecule has 2 aliphatic heterocycles. The van der Waals surface area contributed by atoms with Crippen LogP contribution >= 0.6 is 0 Å². The zero-order chi connectivity index (χ0) is 16.6. The summed E-state index contributed by atoms with van der Waals surface area (Å²) in [6.45, 7) is 1.97. The summed E-state index contributed by atoms with van der Waals surface area (Å²) < 4.78 is 10.7. The Hall–Kier alpha value is -1.88. The van der Waals surface area contributed by atoms with Gasteiger partial charge in [0.05, 0.1) is 12.7 Å². The summed E-state index contributed by atoms with van der Waals surface area (Å²) in [5, 5.41) is 0. The molecule has 3 rings (SSSR count). The van der Waals surface area contributed by atoms with Gasteiger partial charge in [0.15, 0.2) is 0 Å². The summed E-state index contributed by atoms with van der Waals surface area (Å²) in [6.07, 6.45) is 2.25. The molecule has 5 heteroatoms. The minimum absolute atomic E-state index is 0.0945. The molecule has 0 N–H and O–H groups in total. The highest BCUT2D eigenvalue weighted by Crippen LogP contribution is 2.40. The molecule has 4 atom stereocenters. The first-order valence-electron chi connectivity index (χ1n) is 8.08. The summed E-state index contributed by atoms with van der Waals surface area (Å²) in [6, 6.07) is 7.75. The van der Waals surface area contributed by atoms with Crippen molar-refractivity contribution in [2.75, 3.05) is 14.2 Å². The molecule has 0 saturated carbocycles. The highest BCUT2D eigenvalue weighted by molar-refractivity contribution is 5.89. The molecule has 5 nitrogen and oxygen atoms in total. The molecule has 2 bridgehead atoms. The number of ether oxygens (including phenoxy) is 2. The topological polar surface area (TPSA) is 55.8 Å². The quantitative estimate of drug-likeness (QED) is 0.800. The van der Waals surface area contributed by atoms with Gasteiger partial charge < -0.3 is 9.47 Å². The van der Waals surface area contributed by atoms with Gasteiger partial charge in [0.1, 0.15) is 12.0 Å². The van der Waals surface area contributed by atoms with Crippen LogP contribution < -0.4 is 0 Å². The number of hydrogen-bond donors (Lipinski definition) is 0. The molecule has 0 aromatic heterocycles. The zero-order valence-electron chi connectivity index (χ0n) is 13.8. The summed E-state index contributed by atoms with van der Waals surface area (Å²) >= 11 is 0. The molecule has 0 unspecified atom stereocenters. The van der Waals surface area contributed by atoms with E-state index in [4.69, 9.17) is 9.47 Å². The molecule has 0 amide bonds. The molecule has 0 aliphatic carbocycles. The van der Waals surface area contributed by atoms with Gasteiger partial charge in [-0.25, -0.2) is 4.79 Å². The second-order valence-corrected chi connectivity index (χ2v) is 6.56. The van der Waals surface area contributed by atoms with Crippen molar-refractivity contribution in [2.24, 2.45) is 5.92 Å². The molecule has 124 valence electrons. The smallest absolute Gasteiger partial charge is 0.338 e. The van der Waals surface area contributed by atoms with Crippen molar-refractivity contribution >= 4 is 11.9 Å². The van der Waals surface area contributed by atoms with Crippen molar-refractivity contribution in [1.82, 2.24) is 4.90 Å². The number of rotatable bonds is 3. The normalized spacial score (nSPS) is 30.0. The monoisotopic (exact) mass is 317 g/mol. The number of aryl methyl sites for hydroxylation is 1. The van der Waals surface area contributed by atoms with Gasteiger partial charge in [-0.15, -0.1) is 0 Å². The van der Waals surface area contributed by atoms with E-state index in [-0.39, 0.29) is 18.0 Å². The van der Waals surface area contributed by atoms with Gasteiger partial charge in [0.25, 0.3) is 0 Å². The Balaban J connectivity index is 1.78. The molecule has 2 heterocycles. The van der Waals surface area contributed by atoms with E-state index in [1.165, 1.54) is 7.11 Å². The SMILES string of the molecule is COC(=O)[C@H]1[C@@H](OC(=O)c2ccc(C)cc2)C[C@H]2CC[C@H]1N2C. The largest absolute Gasteiger partial charge is 0.469 e. The Bertz CT molecular complexity index is 598. The first-order valence-corrected chi connectivity index (χ1v) is 8.08. The molecule has 1 aromatic carbocycles. The Labute approximate surface area is 136 Å². The molecule has 1 aromatic rings. The molecule has 2 aliphatic rings. The maximum absolute atomic E-state index is 12.4. The van der Waals surface area contributed by atoms with E-state index in [0.29, 0.717) is 18.0 Å². The van der Waals surface area contributed by atoms with Crippen LogP contribution in [0.2, 0.25) is 0 Å². The van der Waals surface area contributed by atoms with Crippen molar-refractivity contribution in [3.05, 3.63) is 35.4 Å². The fraction of sp³-hybridized carbons (Fsp3) is 0.556. The minimum Gasteiger partial charge on any atom is -0.469 e. The van der Waals surface area contributed by atoms with Gasteiger partial charge in [-0.2, -0.15) is 0 Å². The number of hydrogen-bond acceptors (Lipinski definition) is 5. The van der Waals surface area contributed by atoms with Crippen molar-refractivity contribution in [3.8, 4) is 0 Å². The maximum atomic E-state index is 12.4. The van der Waals surface area contributed by atoms with Crippen molar-refractivity contribution in [1.29, 1.82) is 0 Å². The van der Waals surface area contributed by atoms with Gasteiger partial charge in [0.2, 0.25) is 0 Å². The van der Waals surface area contributed by atoms with Crippen LogP contribution in [-0.2, 0) is 14.3 Å². The van der Waals surface area contributed by atoms with Gasteiger partial charge in [-0.05, 0) is 38.9 Å². The number of esters is 2. The standard InChI is InChI=1S/C18H23NO4/c1-11-4-6-12(7-5-11)17(20)23-15-10-13-8-9-14(19(13)2)16(15)18(21)22-3/h4-7,13-16H,8-10H2,1-3H3/t13-,14-,15+,16-/m1/s1. The van der Waals surface area contributed by atoms with Crippen LogP contribution in [0, 0.1) is 12.8 Å². The van der Waals surface area contributed by atoms with Gasteiger partial charge in [-0.3, -0.25) is 9.69 Å². The van der Waals surface area contributed by atoms with Gasteiger partial charge >= 0.3 is 11.9 Å². The Kier molecular flexibility index (Phi) is 4.39. The van der Waals surface area contributed by atoms with Crippen LogP contribution in [0.1, 0.15) is 35.2 Å². The lowest BCUT2D eigenvalue weighted by Gasteiger charge is -2.40. The number of fused-ring (bicyclic) bond motifs is 2. The molecule has 2 saturated heterocycles. The molecule has 0 radical (unpaired) electrons. The summed E-state index contributed by atoms with van der Waals surface area (Å²) in [5.74, 6) is -1.06. The number of nitrogens with zero attached hydrogens (tertiary/aromatic N) is 1. The lowest BCUT2D eigenvalue weighted by Crippen LogP contribution is -2.53. The van der Waals surface area contributed by atoms with Gasteiger partial charge in [-0.1, -0.05) is 17.7 Å². The van der Waals surface area contributed by atoms with Crippen molar-refractivity contribution in [2.45, 2.75) is 44.4 Å². The maximum Gasteiger partial charge on any atom is 0.338 e. The van der Waals surface area contributed by atoms with Crippen LogP contribution in [0.15, 0.2) is 24.3 Å². The second-order valence-electron chi connectivity index (χ2n) is 6.56. The number of carbonyl (C=O) groups excluding carboxylic acids is 2. The third kappa shape index (κ3) is 2.98. The molecule has 23 heavy (non-hydrogen) atoms. The summed E-state index contributed by atoms with van der Waals surface area (Å²) in [7, 11) is 3.43. The van der Waals surface area contributed by atoms with E-state index in [1.807, 2.05) is 26.1 Å². The highest BCUT2D eigenvalue weighted by Gasteiger charge is 2.50. The van der Waals surface area contributed by atoms with E-state index in [0.717, 1.165) is 18.4 Å². The average molecular weight is 317 g/mol. The number of methoxy groups -OCH3 is 1. The Morgan fingerprint density at radius 2 is 1.87 bits per heavy atom. The van der Waals surface area contributed by atoms with Gasteiger partial charge in [0, 0.05) is 18.5 Å². The number of benzene rings is 1. The first-order chi connectivity index (χ1) is 11.0. The number of piperidine rings is 1. The van der Waals surface area contributed by atoms with Crippen LogP contribution in [0.4, 0.5) is 0 Å². The predicted molar refractivity (Wildman–Crippen MR) is 85.1 cm³/mol. The third-order valence-electron chi connectivity index (χ3n) is 5.23. The average Bonchev–Trinajstić information content (AvgIpc) is 2.78. The third-order valence-corrected chi connectivity index (χ3v) is 5.23. The first kappa shape index (κ1) is 16.0. The lowest BCUT2D eigenvalue weighted by atomic mass is 9.87. The minimum atomic E-state index is -0.412. The highest BCUT2D eigenvalue weighted by atomic mass is 16.6. The molecular weight excluding hydrogens is 294 g/mol. The van der Waals surface area contributed by atoms with E-state index < -0.39 is 12.0 Å². The number of carbonyl (C=O) groups is 2. The fourth-order valence-corrected chi connectivity index (χ4v) is 3.88. The Morgan fingerprint density at radius 3 is 2.52 bits per heavy atom. The fourth-order valence-electron chi connectivity index (χ4n) is 3.88. The molecule has 0 spiro atoms. The van der Waals surface area contributed by atoms with E-state index >= 15 is 0 Å². The summed E-state index contributed by atoms with van der Waals surface area (Å²) in [5.41, 5.74) is 1.61. The van der Waals surface area contributed by atoms with Crippen LogP contribution in [0.5, 0.6) is 0 Å². The van der Waals surface area contributed by atoms with Crippen LogP contribution in [0.3, 0.4) is 0 Å².